The number of carboxylic acids is 3. The van der Waals surface area contributed by atoms with Gasteiger partial charge < -0.3 is 41.7 Å². The molecule has 210 valence electrons. The number of benzene rings is 1. The summed E-state index contributed by atoms with van der Waals surface area (Å²) in [5.41, 5.74) is 6.05. The SMILES string of the molecule is COc1ccc(CC(=O)NC(C)C(=O)NC(CCC(=O)NC(CCCC(N)C(=O)O)C(=O)O)C(=O)O)cc1. The van der Waals surface area contributed by atoms with Gasteiger partial charge in [0, 0.05) is 6.42 Å². The van der Waals surface area contributed by atoms with E-state index in [1.54, 1.807) is 24.3 Å². The standard InChI is InChI=1S/C24H34N4O10/c1-13(26-20(30)12-14-6-8-15(38-2)9-7-14)21(31)28-18(24(36)37)10-11-19(29)27-17(23(34)35)5-3-4-16(25)22(32)33/h6-9,13,16-18H,3-5,10-12,25H2,1-2H3,(H,26,30)(H,27,29)(H,28,31)(H,32,33)(H,34,35)(H,36,37). The Labute approximate surface area is 218 Å². The first kappa shape index (κ1) is 31.8. The van der Waals surface area contributed by atoms with Crippen LogP contribution in [0.2, 0.25) is 0 Å². The summed E-state index contributed by atoms with van der Waals surface area (Å²) < 4.78 is 5.05. The van der Waals surface area contributed by atoms with Crippen molar-refractivity contribution < 1.29 is 48.8 Å². The van der Waals surface area contributed by atoms with Crippen LogP contribution in [0.4, 0.5) is 0 Å². The average molecular weight is 539 g/mol. The zero-order valence-electron chi connectivity index (χ0n) is 21.1. The summed E-state index contributed by atoms with van der Waals surface area (Å²) in [5.74, 6) is -5.37. The van der Waals surface area contributed by atoms with E-state index in [0.717, 1.165) is 0 Å². The van der Waals surface area contributed by atoms with Crippen LogP contribution in [0, 0.1) is 0 Å². The minimum absolute atomic E-state index is 0.0108. The fourth-order valence-electron chi connectivity index (χ4n) is 3.31. The van der Waals surface area contributed by atoms with E-state index in [-0.39, 0.29) is 32.1 Å². The lowest BCUT2D eigenvalue weighted by Crippen LogP contribution is -2.51. The Balaban J connectivity index is 2.55. The van der Waals surface area contributed by atoms with Crippen LogP contribution in [0.1, 0.15) is 44.6 Å². The van der Waals surface area contributed by atoms with Gasteiger partial charge in [-0.3, -0.25) is 19.2 Å². The quantitative estimate of drug-likeness (QED) is 0.130. The van der Waals surface area contributed by atoms with E-state index in [1.165, 1.54) is 14.0 Å². The molecule has 0 fully saturated rings. The van der Waals surface area contributed by atoms with Crippen molar-refractivity contribution >= 4 is 35.6 Å². The fraction of sp³-hybridized carbons (Fsp3) is 0.500. The van der Waals surface area contributed by atoms with Gasteiger partial charge in [-0.25, -0.2) is 9.59 Å². The number of nitrogens with two attached hydrogens (primary N) is 1. The van der Waals surface area contributed by atoms with Crippen molar-refractivity contribution in [2.45, 2.75) is 69.6 Å². The van der Waals surface area contributed by atoms with Crippen molar-refractivity contribution in [1.29, 1.82) is 0 Å². The smallest absolute Gasteiger partial charge is 0.326 e. The van der Waals surface area contributed by atoms with Gasteiger partial charge in [-0.2, -0.15) is 0 Å². The van der Waals surface area contributed by atoms with Gasteiger partial charge >= 0.3 is 17.9 Å². The number of carboxylic acid groups (broad SMARTS) is 3. The van der Waals surface area contributed by atoms with Crippen molar-refractivity contribution in [3.05, 3.63) is 29.8 Å². The maximum absolute atomic E-state index is 12.4. The Kier molecular flexibility index (Phi) is 13.2. The summed E-state index contributed by atoms with van der Waals surface area (Å²) >= 11 is 0. The lowest BCUT2D eigenvalue weighted by molar-refractivity contribution is -0.143. The molecule has 8 N–H and O–H groups in total. The molecule has 0 bridgehead atoms. The summed E-state index contributed by atoms with van der Waals surface area (Å²) in [6.45, 7) is 1.38. The van der Waals surface area contributed by atoms with Crippen LogP contribution in [0.3, 0.4) is 0 Å². The molecule has 0 aliphatic heterocycles. The van der Waals surface area contributed by atoms with E-state index in [4.69, 9.17) is 15.6 Å². The number of hydrogen-bond acceptors (Lipinski definition) is 8. The fourth-order valence-corrected chi connectivity index (χ4v) is 3.31. The lowest BCUT2D eigenvalue weighted by atomic mass is 10.1. The van der Waals surface area contributed by atoms with Crippen LogP contribution in [-0.4, -0.2) is 82.2 Å². The number of aliphatic carboxylic acids is 3. The zero-order chi connectivity index (χ0) is 28.8. The molecule has 1 aromatic rings. The Morgan fingerprint density at radius 1 is 0.816 bits per heavy atom. The molecule has 0 aromatic heterocycles. The molecular formula is C24H34N4O10. The summed E-state index contributed by atoms with van der Waals surface area (Å²) in [5, 5.41) is 34.4. The number of hydrogen-bond donors (Lipinski definition) is 7. The molecule has 0 aliphatic carbocycles. The van der Waals surface area contributed by atoms with Gasteiger partial charge in [0.1, 0.15) is 29.9 Å². The van der Waals surface area contributed by atoms with Crippen LogP contribution in [0.25, 0.3) is 0 Å². The highest BCUT2D eigenvalue weighted by Crippen LogP contribution is 2.12. The molecular weight excluding hydrogens is 504 g/mol. The predicted octanol–water partition coefficient (Wildman–Crippen LogP) is -0.756. The summed E-state index contributed by atoms with van der Waals surface area (Å²) in [6, 6.07) is 1.73. The number of nitrogens with one attached hydrogen (secondary N) is 3. The third-order valence-electron chi connectivity index (χ3n) is 5.53. The monoisotopic (exact) mass is 538 g/mol. The zero-order valence-corrected chi connectivity index (χ0v) is 21.1. The second-order valence-electron chi connectivity index (χ2n) is 8.59. The first-order valence-electron chi connectivity index (χ1n) is 11.8. The molecule has 0 heterocycles. The molecule has 1 aromatic carbocycles. The van der Waals surface area contributed by atoms with Gasteiger partial charge in [-0.05, 0) is 50.3 Å². The molecule has 0 aliphatic rings. The van der Waals surface area contributed by atoms with E-state index in [1.807, 2.05) is 0 Å². The van der Waals surface area contributed by atoms with Crippen molar-refractivity contribution in [3.63, 3.8) is 0 Å². The first-order chi connectivity index (χ1) is 17.8. The highest BCUT2D eigenvalue weighted by Gasteiger charge is 2.26. The number of ether oxygens (including phenoxy) is 1. The molecule has 4 atom stereocenters. The largest absolute Gasteiger partial charge is 0.497 e. The second kappa shape index (κ2) is 15.8. The van der Waals surface area contributed by atoms with E-state index >= 15 is 0 Å². The summed E-state index contributed by atoms with van der Waals surface area (Å²) in [4.78, 5) is 70.6. The van der Waals surface area contributed by atoms with Gasteiger partial charge in [0.15, 0.2) is 0 Å². The van der Waals surface area contributed by atoms with Crippen LogP contribution < -0.4 is 26.4 Å². The normalized spacial score (nSPS) is 13.8. The minimum Gasteiger partial charge on any atom is -0.497 e. The number of rotatable bonds is 17. The molecule has 4 unspecified atom stereocenters. The predicted molar refractivity (Wildman–Crippen MR) is 132 cm³/mol. The number of methoxy groups -OCH3 is 1. The Bertz CT molecular complexity index is 998. The van der Waals surface area contributed by atoms with E-state index in [2.05, 4.69) is 16.0 Å². The number of carbonyl (C=O) groups excluding carboxylic acids is 3. The number of carbonyl (C=O) groups is 6. The Morgan fingerprint density at radius 2 is 1.39 bits per heavy atom. The van der Waals surface area contributed by atoms with Gasteiger partial charge in [0.25, 0.3) is 0 Å². The summed E-state index contributed by atoms with van der Waals surface area (Å²) in [7, 11) is 1.51. The third kappa shape index (κ3) is 11.7. The van der Waals surface area contributed by atoms with Crippen LogP contribution in [-0.2, 0) is 35.2 Å². The highest BCUT2D eigenvalue weighted by atomic mass is 16.5. The molecule has 0 saturated heterocycles. The van der Waals surface area contributed by atoms with Crippen molar-refractivity contribution in [2.75, 3.05) is 7.11 Å². The topological polar surface area (TPSA) is 234 Å². The maximum Gasteiger partial charge on any atom is 0.326 e. The Morgan fingerprint density at radius 3 is 1.92 bits per heavy atom. The van der Waals surface area contributed by atoms with Crippen molar-refractivity contribution in [2.24, 2.45) is 5.73 Å². The molecule has 1 rings (SSSR count). The Hall–Kier alpha value is -4.20. The van der Waals surface area contributed by atoms with Gasteiger partial charge in [-0.15, -0.1) is 0 Å². The summed E-state index contributed by atoms with van der Waals surface area (Å²) in [6.07, 6.45) is -0.701. The molecule has 14 heteroatoms. The van der Waals surface area contributed by atoms with Crippen molar-refractivity contribution in [1.82, 2.24) is 16.0 Å². The van der Waals surface area contributed by atoms with E-state index in [0.29, 0.717) is 11.3 Å². The third-order valence-corrected chi connectivity index (χ3v) is 5.53. The lowest BCUT2D eigenvalue weighted by Gasteiger charge is -2.19. The first-order valence-corrected chi connectivity index (χ1v) is 11.8. The van der Waals surface area contributed by atoms with E-state index in [9.17, 15) is 39.0 Å². The molecule has 14 nitrogen and oxygen atoms in total. The van der Waals surface area contributed by atoms with E-state index < -0.39 is 66.2 Å². The van der Waals surface area contributed by atoms with Gasteiger partial charge in [0.2, 0.25) is 17.7 Å². The van der Waals surface area contributed by atoms with Crippen LogP contribution in [0.5, 0.6) is 5.75 Å². The molecule has 0 radical (unpaired) electrons. The van der Waals surface area contributed by atoms with Gasteiger partial charge in [-0.1, -0.05) is 12.1 Å². The minimum atomic E-state index is -1.47. The van der Waals surface area contributed by atoms with Crippen molar-refractivity contribution in [3.8, 4) is 5.75 Å². The molecule has 3 amide bonds. The van der Waals surface area contributed by atoms with Crippen LogP contribution in [0.15, 0.2) is 24.3 Å². The average Bonchev–Trinajstić information content (AvgIpc) is 2.85. The molecule has 0 saturated carbocycles. The van der Waals surface area contributed by atoms with Crippen LogP contribution >= 0.6 is 0 Å². The highest BCUT2D eigenvalue weighted by molar-refractivity contribution is 5.91. The molecule has 0 spiro atoms. The second-order valence-corrected chi connectivity index (χ2v) is 8.59. The molecule has 38 heavy (non-hydrogen) atoms. The number of amides is 3. The van der Waals surface area contributed by atoms with Gasteiger partial charge in [0.05, 0.1) is 13.5 Å². The maximum atomic E-state index is 12.4.